The summed E-state index contributed by atoms with van der Waals surface area (Å²) in [7, 11) is 0. The lowest BCUT2D eigenvalue weighted by Crippen LogP contribution is -2.32. The Balaban J connectivity index is 1.93. The first-order valence-corrected chi connectivity index (χ1v) is 6.74. The van der Waals surface area contributed by atoms with Crippen molar-refractivity contribution in [2.45, 2.75) is 20.8 Å². The van der Waals surface area contributed by atoms with Crippen molar-refractivity contribution in [2.75, 3.05) is 5.32 Å². The van der Waals surface area contributed by atoms with E-state index in [1.165, 1.54) is 6.21 Å². The van der Waals surface area contributed by atoms with Crippen LogP contribution in [0.25, 0.3) is 0 Å². The summed E-state index contributed by atoms with van der Waals surface area (Å²) >= 11 is 0. The molecule has 0 saturated heterocycles. The number of nitrogens with zero attached hydrogens (tertiary/aromatic N) is 1. The van der Waals surface area contributed by atoms with Crippen LogP contribution in [0, 0.1) is 20.8 Å². The minimum atomic E-state index is -0.847. The van der Waals surface area contributed by atoms with Crippen LogP contribution in [0.15, 0.2) is 39.9 Å². The third-order valence-corrected chi connectivity index (χ3v) is 2.97. The van der Waals surface area contributed by atoms with E-state index in [0.29, 0.717) is 11.4 Å². The lowest BCUT2D eigenvalue weighted by Gasteiger charge is -2.08. The summed E-state index contributed by atoms with van der Waals surface area (Å²) in [5.41, 5.74) is 4.62. The molecule has 0 radical (unpaired) electrons. The summed E-state index contributed by atoms with van der Waals surface area (Å²) in [6.45, 7) is 5.56. The van der Waals surface area contributed by atoms with Crippen LogP contribution < -0.4 is 10.7 Å². The zero-order valence-corrected chi connectivity index (χ0v) is 12.6. The quantitative estimate of drug-likeness (QED) is 0.518. The number of amides is 2. The topological polar surface area (TPSA) is 83.7 Å². The van der Waals surface area contributed by atoms with Gasteiger partial charge >= 0.3 is 11.8 Å². The van der Waals surface area contributed by atoms with E-state index >= 15 is 0 Å². The molecule has 2 N–H and O–H groups in total. The summed E-state index contributed by atoms with van der Waals surface area (Å²) in [5.74, 6) is -0.393. The highest BCUT2D eigenvalue weighted by Gasteiger charge is 2.14. The van der Waals surface area contributed by atoms with Crippen molar-refractivity contribution in [1.29, 1.82) is 0 Å². The Hall–Kier alpha value is -2.89. The molecule has 2 aromatic rings. The molecule has 0 saturated carbocycles. The number of aryl methyl sites for hydroxylation is 3. The monoisotopic (exact) mass is 299 g/mol. The summed E-state index contributed by atoms with van der Waals surface area (Å²) in [5, 5.41) is 6.23. The second-order valence-electron chi connectivity index (χ2n) is 4.92. The Morgan fingerprint density at radius 3 is 2.55 bits per heavy atom. The molecule has 114 valence electrons. The van der Waals surface area contributed by atoms with Gasteiger partial charge in [0.15, 0.2) is 0 Å². The number of hydrogen-bond acceptors (Lipinski definition) is 4. The number of rotatable bonds is 3. The smallest absolute Gasteiger partial charge is 0.329 e. The highest BCUT2D eigenvalue weighted by Crippen LogP contribution is 2.16. The van der Waals surface area contributed by atoms with Gasteiger partial charge in [0, 0.05) is 5.69 Å². The molecule has 6 nitrogen and oxygen atoms in total. The number of nitrogens with one attached hydrogen (secondary N) is 2. The number of hydrogen-bond donors (Lipinski definition) is 2. The van der Waals surface area contributed by atoms with E-state index in [1.807, 2.05) is 26.0 Å². The van der Waals surface area contributed by atoms with Crippen molar-refractivity contribution in [3.8, 4) is 0 Å². The van der Waals surface area contributed by atoms with Gasteiger partial charge in [0.2, 0.25) is 0 Å². The maximum Gasteiger partial charge on any atom is 0.329 e. The minimum Gasteiger partial charge on any atom is -0.460 e. The molecule has 0 unspecified atom stereocenters. The summed E-state index contributed by atoms with van der Waals surface area (Å²) in [4.78, 5) is 23.5. The van der Waals surface area contributed by atoms with Gasteiger partial charge in [0.05, 0.1) is 6.21 Å². The van der Waals surface area contributed by atoms with Crippen molar-refractivity contribution in [1.82, 2.24) is 5.43 Å². The van der Waals surface area contributed by atoms with Crippen LogP contribution in [0.2, 0.25) is 0 Å². The van der Waals surface area contributed by atoms with E-state index in [0.717, 1.165) is 16.9 Å². The van der Waals surface area contributed by atoms with Crippen LogP contribution in [0.5, 0.6) is 0 Å². The maximum absolute atomic E-state index is 11.8. The SMILES string of the molecule is Cc1ccc(C)c(NC(=O)C(=O)N/N=C\c2ccc(C)o2)c1. The molecule has 0 atom stereocenters. The standard InChI is InChI=1S/C16H17N3O3/c1-10-4-5-11(2)14(8-10)18-15(20)16(21)19-17-9-13-7-6-12(3)22-13/h4-9H,1-3H3,(H,18,20)(H,19,21)/b17-9-. The molecule has 1 aromatic carbocycles. The zero-order chi connectivity index (χ0) is 16.1. The average Bonchev–Trinajstić information content (AvgIpc) is 2.88. The van der Waals surface area contributed by atoms with Gasteiger partial charge in [-0.25, -0.2) is 5.43 Å². The Morgan fingerprint density at radius 2 is 1.86 bits per heavy atom. The van der Waals surface area contributed by atoms with Crippen molar-refractivity contribution < 1.29 is 14.0 Å². The molecule has 2 amide bonds. The number of anilines is 1. The molecule has 2 rings (SSSR count). The molecule has 6 heteroatoms. The number of carbonyl (C=O) groups excluding carboxylic acids is 2. The first kappa shape index (κ1) is 15.5. The summed E-state index contributed by atoms with van der Waals surface area (Å²) in [6, 6.07) is 9.09. The Labute approximate surface area is 128 Å². The normalized spacial score (nSPS) is 10.7. The predicted octanol–water partition coefficient (Wildman–Crippen LogP) is 2.29. The van der Waals surface area contributed by atoms with Crippen LogP contribution in [0.3, 0.4) is 0 Å². The second kappa shape index (κ2) is 6.71. The van der Waals surface area contributed by atoms with E-state index < -0.39 is 11.8 Å². The van der Waals surface area contributed by atoms with Gasteiger partial charge in [-0.3, -0.25) is 9.59 Å². The van der Waals surface area contributed by atoms with E-state index in [2.05, 4.69) is 15.8 Å². The summed E-state index contributed by atoms with van der Waals surface area (Å²) in [6.07, 6.45) is 1.33. The molecule has 0 aliphatic carbocycles. The molecule has 0 fully saturated rings. The van der Waals surface area contributed by atoms with E-state index in [-0.39, 0.29) is 0 Å². The van der Waals surface area contributed by atoms with Crippen LogP contribution in [0.1, 0.15) is 22.6 Å². The highest BCUT2D eigenvalue weighted by atomic mass is 16.3. The van der Waals surface area contributed by atoms with Gasteiger partial charge in [-0.2, -0.15) is 5.10 Å². The number of benzene rings is 1. The third kappa shape index (κ3) is 4.05. The average molecular weight is 299 g/mol. The highest BCUT2D eigenvalue weighted by molar-refractivity contribution is 6.39. The van der Waals surface area contributed by atoms with Crippen molar-refractivity contribution in [3.05, 3.63) is 53.0 Å². The molecule has 0 bridgehead atoms. The minimum absolute atomic E-state index is 0.493. The van der Waals surface area contributed by atoms with Gasteiger partial charge in [-0.15, -0.1) is 0 Å². The van der Waals surface area contributed by atoms with Gasteiger partial charge in [0.25, 0.3) is 0 Å². The zero-order valence-electron chi connectivity index (χ0n) is 12.6. The van der Waals surface area contributed by atoms with Crippen LogP contribution in [0.4, 0.5) is 5.69 Å². The summed E-state index contributed by atoms with van der Waals surface area (Å²) < 4.78 is 5.25. The fourth-order valence-corrected chi connectivity index (χ4v) is 1.78. The molecule has 0 spiro atoms. The van der Waals surface area contributed by atoms with Gasteiger partial charge in [-0.1, -0.05) is 12.1 Å². The molecule has 1 heterocycles. The van der Waals surface area contributed by atoms with Crippen molar-refractivity contribution >= 4 is 23.7 Å². The van der Waals surface area contributed by atoms with E-state index in [9.17, 15) is 9.59 Å². The van der Waals surface area contributed by atoms with E-state index in [1.54, 1.807) is 25.1 Å². The first-order valence-electron chi connectivity index (χ1n) is 6.74. The maximum atomic E-state index is 11.8. The Bertz CT molecular complexity index is 732. The first-order chi connectivity index (χ1) is 10.5. The molecular weight excluding hydrogens is 282 g/mol. The lowest BCUT2D eigenvalue weighted by atomic mass is 10.1. The molecular formula is C16H17N3O3. The number of carbonyl (C=O) groups is 2. The van der Waals surface area contributed by atoms with Crippen LogP contribution in [-0.4, -0.2) is 18.0 Å². The second-order valence-corrected chi connectivity index (χ2v) is 4.92. The van der Waals surface area contributed by atoms with Gasteiger partial charge in [-0.05, 0) is 50.1 Å². The molecule has 0 aliphatic heterocycles. The molecule has 22 heavy (non-hydrogen) atoms. The fraction of sp³-hybridized carbons (Fsp3) is 0.188. The predicted molar refractivity (Wildman–Crippen MR) is 83.7 cm³/mol. The molecule has 1 aromatic heterocycles. The van der Waals surface area contributed by atoms with Gasteiger partial charge in [0.1, 0.15) is 11.5 Å². The van der Waals surface area contributed by atoms with Crippen molar-refractivity contribution in [2.24, 2.45) is 5.10 Å². The van der Waals surface area contributed by atoms with Crippen LogP contribution in [-0.2, 0) is 9.59 Å². The Morgan fingerprint density at radius 1 is 1.09 bits per heavy atom. The molecule has 0 aliphatic rings. The largest absolute Gasteiger partial charge is 0.460 e. The van der Waals surface area contributed by atoms with Gasteiger partial charge < -0.3 is 9.73 Å². The third-order valence-electron chi connectivity index (χ3n) is 2.97. The van der Waals surface area contributed by atoms with Crippen LogP contribution >= 0.6 is 0 Å². The lowest BCUT2D eigenvalue weighted by molar-refractivity contribution is -0.136. The number of hydrazone groups is 1. The van der Waals surface area contributed by atoms with Crippen molar-refractivity contribution in [3.63, 3.8) is 0 Å². The number of furan rings is 1. The van der Waals surface area contributed by atoms with E-state index in [4.69, 9.17) is 4.42 Å². The fourth-order valence-electron chi connectivity index (χ4n) is 1.78. The Kier molecular flexibility index (Phi) is 4.73.